The minimum Gasteiger partial charge on any atom is -0.452 e. The van der Waals surface area contributed by atoms with Crippen LogP contribution in [0.25, 0.3) is 0 Å². The Bertz CT molecular complexity index is 502. The number of halogens is 2. The van der Waals surface area contributed by atoms with Gasteiger partial charge in [-0.05, 0) is 19.1 Å². The molecule has 0 amide bonds. The molecule has 2 rings (SSSR count). The third-order valence-electron chi connectivity index (χ3n) is 1.80. The van der Waals surface area contributed by atoms with Gasteiger partial charge < -0.3 is 4.74 Å². The maximum absolute atomic E-state index is 5.80. The van der Waals surface area contributed by atoms with Gasteiger partial charge in [0, 0.05) is 11.8 Å². The van der Waals surface area contributed by atoms with Crippen LogP contribution in [0, 0.1) is 6.92 Å². The van der Waals surface area contributed by atoms with Crippen molar-refractivity contribution in [2.75, 3.05) is 0 Å². The lowest BCUT2D eigenvalue weighted by Gasteiger charge is -2.06. The summed E-state index contributed by atoms with van der Waals surface area (Å²) in [5, 5.41) is 7.59. The minimum absolute atomic E-state index is 0.157. The lowest BCUT2D eigenvalue weighted by atomic mass is 10.4. The molecule has 2 heterocycles. The summed E-state index contributed by atoms with van der Waals surface area (Å²) >= 11 is 11.5. The second-order valence-corrected chi connectivity index (χ2v) is 3.80. The molecule has 0 aliphatic carbocycles. The Morgan fingerprint density at radius 1 is 1.19 bits per heavy atom. The van der Waals surface area contributed by atoms with Gasteiger partial charge in [-0.1, -0.05) is 23.2 Å². The fourth-order valence-electron chi connectivity index (χ4n) is 1.05. The van der Waals surface area contributed by atoms with Gasteiger partial charge in [-0.25, -0.2) is 0 Å². The molecule has 0 spiro atoms. The van der Waals surface area contributed by atoms with Crippen LogP contribution < -0.4 is 4.74 Å². The van der Waals surface area contributed by atoms with Crippen molar-refractivity contribution in [2.45, 2.75) is 6.92 Å². The molecule has 0 aliphatic heterocycles. The Morgan fingerprint density at radius 2 is 2.00 bits per heavy atom. The molecule has 0 unspecified atom stereocenters. The normalized spacial score (nSPS) is 10.2. The van der Waals surface area contributed by atoms with Crippen molar-refractivity contribution in [1.82, 2.24) is 15.2 Å². The van der Waals surface area contributed by atoms with E-state index in [1.54, 1.807) is 12.3 Å². The first-order valence-corrected chi connectivity index (χ1v) is 5.20. The lowest BCUT2D eigenvalue weighted by Crippen LogP contribution is -1.91. The number of ether oxygens (including phenoxy) is 1. The van der Waals surface area contributed by atoms with Gasteiger partial charge in [0.1, 0.15) is 5.75 Å². The number of nitrogens with zero attached hydrogens (tertiary/aromatic N) is 3. The second kappa shape index (κ2) is 4.63. The molecule has 0 atom stereocenters. The van der Waals surface area contributed by atoms with E-state index in [-0.39, 0.29) is 10.3 Å². The van der Waals surface area contributed by atoms with Crippen molar-refractivity contribution >= 4 is 23.2 Å². The zero-order chi connectivity index (χ0) is 11.5. The number of aromatic nitrogens is 3. The van der Waals surface area contributed by atoms with Crippen LogP contribution in [-0.2, 0) is 0 Å². The molecule has 0 aliphatic rings. The summed E-state index contributed by atoms with van der Waals surface area (Å²) < 4.78 is 5.46. The van der Waals surface area contributed by atoms with Crippen molar-refractivity contribution in [3.05, 3.63) is 40.4 Å². The molecule has 0 saturated heterocycles. The van der Waals surface area contributed by atoms with Crippen LogP contribution in [0.5, 0.6) is 11.5 Å². The number of pyridine rings is 1. The fraction of sp³-hybridized carbons (Fsp3) is 0.100. The molecule has 82 valence electrons. The van der Waals surface area contributed by atoms with Crippen molar-refractivity contribution < 1.29 is 4.74 Å². The zero-order valence-electron chi connectivity index (χ0n) is 8.32. The summed E-state index contributed by atoms with van der Waals surface area (Å²) in [5.41, 5.74) is 0.907. The first-order chi connectivity index (χ1) is 7.65. The molecular weight excluding hydrogens is 249 g/mol. The maximum Gasteiger partial charge on any atom is 0.194 e. The highest BCUT2D eigenvalue weighted by Gasteiger charge is 2.06. The lowest BCUT2D eigenvalue weighted by molar-refractivity contribution is 0.476. The Balaban J connectivity index is 2.26. The zero-order valence-corrected chi connectivity index (χ0v) is 9.83. The van der Waals surface area contributed by atoms with Gasteiger partial charge in [0.15, 0.2) is 16.1 Å². The Kier molecular flexibility index (Phi) is 3.22. The molecule has 0 fully saturated rings. The van der Waals surface area contributed by atoms with E-state index in [4.69, 9.17) is 27.9 Å². The van der Waals surface area contributed by atoms with Crippen LogP contribution in [0.4, 0.5) is 0 Å². The average molecular weight is 256 g/mol. The highest BCUT2D eigenvalue weighted by molar-refractivity contribution is 6.32. The van der Waals surface area contributed by atoms with Crippen LogP contribution in [0.1, 0.15) is 5.69 Å². The van der Waals surface area contributed by atoms with Gasteiger partial charge in [0.25, 0.3) is 0 Å². The first-order valence-electron chi connectivity index (χ1n) is 4.44. The smallest absolute Gasteiger partial charge is 0.194 e. The van der Waals surface area contributed by atoms with Crippen molar-refractivity contribution in [3.63, 3.8) is 0 Å². The van der Waals surface area contributed by atoms with Crippen LogP contribution in [-0.4, -0.2) is 15.2 Å². The molecule has 0 N–H and O–H groups in total. The van der Waals surface area contributed by atoms with Gasteiger partial charge >= 0.3 is 0 Å². The summed E-state index contributed by atoms with van der Waals surface area (Å²) in [6, 6.07) is 5.11. The van der Waals surface area contributed by atoms with Crippen molar-refractivity contribution in [3.8, 4) is 11.5 Å². The number of aryl methyl sites for hydroxylation is 1. The molecule has 16 heavy (non-hydrogen) atoms. The van der Waals surface area contributed by atoms with Gasteiger partial charge in [0.05, 0.1) is 6.20 Å². The number of hydrogen-bond donors (Lipinski definition) is 0. The van der Waals surface area contributed by atoms with Crippen LogP contribution >= 0.6 is 23.2 Å². The molecular formula is C10H7Cl2N3O. The number of rotatable bonds is 2. The van der Waals surface area contributed by atoms with E-state index in [1.807, 2.05) is 13.0 Å². The molecule has 0 saturated carbocycles. The van der Waals surface area contributed by atoms with E-state index in [9.17, 15) is 0 Å². The predicted molar refractivity (Wildman–Crippen MR) is 61.1 cm³/mol. The summed E-state index contributed by atoms with van der Waals surface area (Å²) in [6.07, 6.45) is 1.60. The van der Waals surface area contributed by atoms with E-state index in [1.165, 1.54) is 6.07 Å². The number of hydrogen-bond acceptors (Lipinski definition) is 4. The maximum atomic E-state index is 5.80. The van der Waals surface area contributed by atoms with Gasteiger partial charge in [-0.2, -0.15) is 0 Å². The molecule has 2 aromatic rings. The third-order valence-corrected chi connectivity index (χ3v) is 2.25. The molecule has 4 nitrogen and oxygen atoms in total. The van der Waals surface area contributed by atoms with Gasteiger partial charge in [-0.3, -0.25) is 4.98 Å². The minimum atomic E-state index is 0.157. The topological polar surface area (TPSA) is 47.9 Å². The quantitative estimate of drug-likeness (QED) is 0.827. The summed E-state index contributed by atoms with van der Waals surface area (Å²) in [4.78, 5) is 4.09. The summed E-state index contributed by atoms with van der Waals surface area (Å²) in [6.45, 7) is 1.89. The monoisotopic (exact) mass is 255 g/mol. The molecule has 0 radical (unpaired) electrons. The fourth-order valence-corrected chi connectivity index (χ4v) is 1.32. The van der Waals surface area contributed by atoms with Crippen molar-refractivity contribution in [1.29, 1.82) is 0 Å². The molecule has 2 aromatic heterocycles. The summed E-state index contributed by atoms with van der Waals surface area (Å²) in [5.74, 6) is 0.920. The molecule has 0 bridgehead atoms. The van der Waals surface area contributed by atoms with Gasteiger partial charge in [0.2, 0.25) is 0 Å². The van der Waals surface area contributed by atoms with Crippen LogP contribution in [0.3, 0.4) is 0 Å². The highest BCUT2D eigenvalue weighted by Crippen LogP contribution is 2.28. The largest absolute Gasteiger partial charge is 0.452 e. The SMILES string of the molecule is Cc1ccc(Oc2cc(Cl)nnc2Cl)cn1. The first kappa shape index (κ1) is 11.1. The van der Waals surface area contributed by atoms with Crippen LogP contribution in [0.15, 0.2) is 24.4 Å². The van der Waals surface area contributed by atoms with E-state index in [0.29, 0.717) is 11.5 Å². The van der Waals surface area contributed by atoms with E-state index in [0.717, 1.165) is 5.69 Å². The molecule has 0 aromatic carbocycles. The van der Waals surface area contributed by atoms with Gasteiger partial charge in [-0.15, -0.1) is 10.2 Å². The molecule has 6 heteroatoms. The Hall–Kier alpha value is -1.39. The highest BCUT2D eigenvalue weighted by atomic mass is 35.5. The third kappa shape index (κ3) is 2.59. The Morgan fingerprint density at radius 3 is 2.69 bits per heavy atom. The average Bonchev–Trinajstić information content (AvgIpc) is 2.27. The second-order valence-electron chi connectivity index (χ2n) is 3.06. The standard InChI is InChI=1S/C10H7Cl2N3O/c1-6-2-3-7(5-13-6)16-8-4-9(11)14-15-10(8)12/h2-5H,1H3. The summed E-state index contributed by atoms with van der Waals surface area (Å²) in [7, 11) is 0. The van der Waals surface area contributed by atoms with E-state index in [2.05, 4.69) is 15.2 Å². The Labute approximate surface area is 102 Å². The van der Waals surface area contributed by atoms with Crippen LogP contribution in [0.2, 0.25) is 10.3 Å². The van der Waals surface area contributed by atoms with E-state index >= 15 is 0 Å². The van der Waals surface area contributed by atoms with Crippen molar-refractivity contribution in [2.24, 2.45) is 0 Å². The van der Waals surface area contributed by atoms with E-state index < -0.39 is 0 Å². The predicted octanol–water partition coefficient (Wildman–Crippen LogP) is 3.28.